The first-order valence-electron chi connectivity index (χ1n) is 5.18. The summed E-state index contributed by atoms with van der Waals surface area (Å²) in [5, 5.41) is 17.6. The molecule has 0 bridgehead atoms. The van der Waals surface area contributed by atoms with Crippen LogP contribution in [0.5, 0.6) is 0 Å². The lowest BCUT2D eigenvalue weighted by molar-refractivity contribution is 1.17. The van der Waals surface area contributed by atoms with E-state index in [0.717, 1.165) is 16.7 Å². The van der Waals surface area contributed by atoms with Gasteiger partial charge in [-0.3, -0.25) is 0 Å². The molecule has 0 heterocycles. The molecule has 0 radical (unpaired) electrons. The zero-order chi connectivity index (χ0) is 12.8. The van der Waals surface area contributed by atoms with Crippen molar-refractivity contribution < 1.29 is 0 Å². The lowest BCUT2D eigenvalue weighted by Crippen LogP contribution is -1.94. The number of nitriles is 2. The van der Waals surface area contributed by atoms with Crippen LogP contribution in [0.25, 0.3) is 0 Å². The molecule has 0 saturated carbocycles. The third kappa shape index (κ3) is 3.23. The quantitative estimate of drug-likeness (QED) is 0.568. The summed E-state index contributed by atoms with van der Waals surface area (Å²) in [6.07, 6.45) is 5.79. The van der Waals surface area contributed by atoms with Crippen LogP contribution in [-0.4, -0.2) is 0 Å². The smallest absolute Gasteiger partial charge is 0.141 e. The van der Waals surface area contributed by atoms with Crippen molar-refractivity contribution in [2.24, 2.45) is 0 Å². The molecule has 0 N–H and O–H groups in total. The van der Waals surface area contributed by atoms with Crippen LogP contribution in [0.1, 0.15) is 16.7 Å². The third-order valence-corrected chi connectivity index (χ3v) is 2.36. The molecule has 0 aliphatic heterocycles. The fraction of sp³-hybridized carbons (Fsp3) is 0.200. The molecule has 0 unspecified atom stereocenters. The highest BCUT2D eigenvalue weighted by Crippen LogP contribution is 2.15. The molecule has 1 aromatic rings. The largest absolute Gasteiger partial charge is 0.192 e. The summed E-state index contributed by atoms with van der Waals surface area (Å²) in [6.45, 7) is 4.01. The highest BCUT2D eigenvalue weighted by molar-refractivity contribution is 5.49. The molecule has 2 heteroatoms. The Labute approximate surface area is 102 Å². The Kier molecular flexibility index (Phi) is 4.10. The van der Waals surface area contributed by atoms with Crippen LogP contribution in [0, 0.1) is 48.9 Å². The summed E-state index contributed by atoms with van der Waals surface area (Å²) in [5.41, 5.74) is 3.78. The maximum atomic E-state index is 8.79. The standard InChI is InChI=1S/C15H12N2/c1-4-14(15(9-16)10-17)8-13-6-11(2)5-12(3)7-13/h1,5-7H,8H2,2-3H3. The van der Waals surface area contributed by atoms with Crippen molar-refractivity contribution >= 4 is 0 Å². The second kappa shape index (κ2) is 5.55. The summed E-state index contributed by atoms with van der Waals surface area (Å²) < 4.78 is 0. The Hall–Kier alpha value is -2.50. The van der Waals surface area contributed by atoms with Gasteiger partial charge in [0.05, 0.1) is 0 Å². The van der Waals surface area contributed by atoms with Gasteiger partial charge in [-0.15, -0.1) is 6.42 Å². The number of allylic oxidation sites excluding steroid dienone is 2. The summed E-state index contributed by atoms with van der Waals surface area (Å²) >= 11 is 0. The third-order valence-electron chi connectivity index (χ3n) is 2.36. The number of rotatable bonds is 2. The molecule has 1 aromatic carbocycles. The van der Waals surface area contributed by atoms with E-state index >= 15 is 0 Å². The molecule has 17 heavy (non-hydrogen) atoms. The summed E-state index contributed by atoms with van der Waals surface area (Å²) in [5.74, 6) is 2.43. The topological polar surface area (TPSA) is 47.6 Å². The molecule has 0 amide bonds. The molecule has 0 aliphatic rings. The molecule has 0 fully saturated rings. The molecule has 0 aromatic heterocycles. The van der Waals surface area contributed by atoms with Gasteiger partial charge >= 0.3 is 0 Å². The molecular formula is C15H12N2. The number of benzene rings is 1. The molecule has 1 rings (SSSR count). The Morgan fingerprint density at radius 2 is 1.65 bits per heavy atom. The van der Waals surface area contributed by atoms with Crippen LogP contribution >= 0.6 is 0 Å². The molecule has 2 nitrogen and oxygen atoms in total. The summed E-state index contributed by atoms with van der Waals surface area (Å²) in [7, 11) is 0. The highest BCUT2D eigenvalue weighted by atomic mass is 14.3. The lowest BCUT2D eigenvalue weighted by Gasteiger charge is -2.04. The number of aryl methyl sites for hydroxylation is 2. The summed E-state index contributed by atoms with van der Waals surface area (Å²) in [4.78, 5) is 0. The van der Waals surface area contributed by atoms with E-state index in [1.54, 1.807) is 0 Å². The molecule has 0 aliphatic carbocycles. The number of nitrogens with zero attached hydrogens (tertiary/aromatic N) is 2. The van der Waals surface area contributed by atoms with Gasteiger partial charge in [0.1, 0.15) is 17.7 Å². The minimum atomic E-state index is 0.0201. The van der Waals surface area contributed by atoms with Gasteiger partial charge in [-0.2, -0.15) is 10.5 Å². The van der Waals surface area contributed by atoms with Crippen molar-refractivity contribution in [1.82, 2.24) is 0 Å². The van der Waals surface area contributed by atoms with Crippen molar-refractivity contribution in [3.05, 3.63) is 46.0 Å². The van der Waals surface area contributed by atoms with Crippen molar-refractivity contribution in [1.29, 1.82) is 10.5 Å². The molecule has 0 spiro atoms. The van der Waals surface area contributed by atoms with Crippen molar-refractivity contribution in [2.75, 3.05) is 0 Å². The maximum Gasteiger partial charge on any atom is 0.141 e. The molecule has 82 valence electrons. The zero-order valence-corrected chi connectivity index (χ0v) is 9.91. The SMILES string of the molecule is C#CC(Cc1cc(C)cc(C)c1)=C(C#N)C#N. The maximum absolute atomic E-state index is 8.79. The second-order valence-corrected chi connectivity index (χ2v) is 3.89. The van der Waals surface area contributed by atoms with Gasteiger partial charge in [0.15, 0.2) is 0 Å². The summed E-state index contributed by atoms with van der Waals surface area (Å²) in [6, 6.07) is 9.75. The van der Waals surface area contributed by atoms with Crippen LogP contribution in [0.4, 0.5) is 0 Å². The van der Waals surface area contributed by atoms with Gasteiger partial charge in [-0.05, 0) is 19.4 Å². The predicted molar refractivity (Wildman–Crippen MR) is 66.7 cm³/mol. The normalized spacial score (nSPS) is 8.65. The lowest BCUT2D eigenvalue weighted by atomic mass is 9.98. The number of hydrogen-bond donors (Lipinski definition) is 0. The van der Waals surface area contributed by atoms with Crippen molar-refractivity contribution in [3.8, 4) is 24.5 Å². The van der Waals surface area contributed by atoms with E-state index in [9.17, 15) is 0 Å². The monoisotopic (exact) mass is 220 g/mol. The molecule has 0 atom stereocenters. The van der Waals surface area contributed by atoms with E-state index in [1.165, 1.54) is 0 Å². The van der Waals surface area contributed by atoms with E-state index in [0.29, 0.717) is 12.0 Å². The van der Waals surface area contributed by atoms with E-state index in [1.807, 2.05) is 38.1 Å². The van der Waals surface area contributed by atoms with Crippen molar-refractivity contribution in [2.45, 2.75) is 20.3 Å². The first kappa shape index (κ1) is 12.6. The molecule has 0 saturated heterocycles. The van der Waals surface area contributed by atoms with Crippen LogP contribution in [-0.2, 0) is 6.42 Å². The van der Waals surface area contributed by atoms with E-state index in [2.05, 4.69) is 12.0 Å². The fourth-order valence-electron chi connectivity index (χ4n) is 1.75. The van der Waals surface area contributed by atoms with Crippen LogP contribution in [0.15, 0.2) is 29.3 Å². The van der Waals surface area contributed by atoms with Crippen molar-refractivity contribution in [3.63, 3.8) is 0 Å². The Morgan fingerprint density at radius 1 is 1.12 bits per heavy atom. The Bertz CT molecular complexity index is 551. The van der Waals surface area contributed by atoms with Gasteiger partial charge in [-0.25, -0.2) is 0 Å². The van der Waals surface area contributed by atoms with Gasteiger partial charge in [0, 0.05) is 12.0 Å². The van der Waals surface area contributed by atoms with Gasteiger partial charge in [0.2, 0.25) is 0 Å². The Morgan fingerprint density at radius 3 is 2.06 bits per heavy atom. The van der Waals surface area contributed by atoms with Gasteiger partial charge < -0.3 is 0 Å². The van der Waals surface area contributed by atoms with E-state index in [4.69, 9.17) is 16.9 Å². The average molecular weight is 220 g/mol. The van der Waals surface area contributed by atoms with Crippen LogP contribution in [0.2, 0.25) is 0 Å². The second-order valence-electron chi connectivity index (χ2n) is 3.89. The fourth-order valence-corrected chi connectivity index (χ4v) is 1.75. The Balaban J connectivity index is 3.15. The van der Waals surface area contributed by atoms with E-state index < -0.39 is 0 Å². The molecular weight excluding hydrogens is 208 g/mol. The minimum Gasteiger partial charge on any atom is -0.192 e. The van der Waals surface area contributed by atoms with Gasteiger partial charge in [-0.1, -0.05) is 35.2 Å². The number of hydrogen-bond acceptors (Lipinski definition) is 2. The average Bonchev–Trinajstić information content (AvgIpc) is 2.27. The van der Waals surface area contributed by atoms with E-state index in [-0.39, 0.29) is 5.57 Å². The van der Waals surface area contributed by atoms with Gasteiger partial charge in [0.25, 0.3) is 0 Å². The first-order chi connectivity index (χ1) is 8.10. The predicted octanol–water partition coefficient (Wildman–Crippen LogP) is 2.82. The first-order valence-corrected chi connectivity index (χ1v) is 5.18. The number of terminal acetylenes is 1. The van der Waals surface area contributed by atoms with Crippen LogP contribution < -0.4 is 0 Å². The zero-order valence-electron chi connectivity index (χ0n) is 9.91. The highest BCUT2D eigenvalue weighted by Gasteiger charge is 2.05. The minimum absolute atomic E-state index is 0.0201. The van der Waals surface area contributed by atoms with Crippen LogP contribution in [0.3, 0.4) is 0 Å².